The van der Waals surface area contributed by atoms with E-state index in [-0.39, 0.29) is 0 Å². The second-order valence-electron chi connectivity index (χ2n) is 8.51. The van der Waals surface area contributed by atoms with Crippen LogP contribution in [0.15, 0.2) is 66.7 Å². The molecule has 0 N–H and O–H groups in total. The highest BCUT2D eigenvalue weighted by molar-refractivity contribution is 5.66. The van der Waals surface area contributed by atoms with E-state index in [2.05, 4.69) is 4.98 Å². The zero-order chi connectivity index (χ0) is 26.6. The summed E-state index contributed by atoms with van der Waals surface area (Å²) in [4.78, 5) is 9.35. The van der Waals surface area contributed by atoms with Crippen molar-refractivity contribution in [3.8, 4) is 46.0 Å². The Morgan fingerprint density at radius 3 is 2.08 bits per heavy atom. The van der Waals surface area contributed by atoms with Crippen LogP contribution in [-0.4, -0.2) is 40.9 Å². The van der Waals surface area contributed by atoms with E-state index in [1.54, 1.807) is 38.0 Å². The smallest absolute Gasteiger partial charge is 0.249 e. The molecule has 0 aliphatic heterocycles. The van der Waals surface area contributed by atoms with E-state index in [0.717, 1.165) is 28.4 Å². The second-order valence-corrected chi connectivity index (χ2v) is 8.51. The summed E-state index contributed by atoms with van der Waals surface area (Å²) in [5, 5.41) is 4.74. The first-order valence-corrected chi connectivity index (χ1v) is 12.0. The summed E-state index contributed by atoms with van der Waals surface area (Å²) in [6, 6.07) is 21.1. The molecule has 0 spiro atoms. The predicted octanol–water partition coefficient (Wildman–Crippen LogP) is 5.81. The first-order chi connectivity index (χ1) is 18.5. The predicted molar refractivity (Wildman–Crippen MR) is 143 cm³/mol. The molecule has 9 nitrogen and oxygen atoms in total. The summed E-state index contributed by atoms with van der Waals surface area (Å²) in [6.45, 7) is 4.27. The lowest BCUT2D eigenvalue weighted by Crippen LogP contribution is -2.04. The fourth-order valence-electron chi connectivity index (χ4n) is 4.15. The Balaban J connectivity index is 1.49. The minimum absolute atomic E-state index is 0.353. The summed E-state index contributed by atoms with van der Waals surface area (Å²) in [6.07, 6.45) is 0. The fraction of sp³-hybridized carbons (Fsp3) is 0.207. The Morgan fingerprint density at radius 2 is 1.45 bits per heavy atom. The van der Waals surface area contributed by atoms with Crippen LogP contribution in [0.4, 0.5) is 0 Å². The Bertz CT molecular complexity index is 1540. The molecule has 0 atom stereocenters. The van der Waals surface area contributed by atoms with E-state index in [9.17, 15) is 0 Å². The van der Waals surface area contributed by atoms with Crippen LogP contribution in [0.25, 0.3) is 16.9 Å². The van der Waals surface area contributed by atoms with Crippen molar-refractivity contribution in [1.82, 2.24) is 19.6 Å². The van der Waals surface area contributed by atoms with Gasteiger partial charge in [0.2, 0.25) is 11.6 Å². The number of ether oxygens (including phenoxy) is 5. The molecule has 0 aliphatic rings. The first-order valence-electron chi connectivity index (χ1n) is 12.0. The van der Waals surface area contributed by atoms with Gasteiger partial charge < -0.3 is 23.7 Å². The minimum Gasteiger partial charge on any atom is -0.493 e. The van der Waals surface area contributed by atoms with Gasteiger partial charge in [0.05, 0.1) is 27.0 Å². The maximum atomic E-state index is 6.29. The highest BCUT2D eigenvalue weighted by Crippen LogP contribution is 2.42. The van der Waals surface area contributed by atoms with E-state index in [1.807, 2.05) is 68.4 Å². The lowest BCUT2D eigenvalue weighted by Gasteiger charge is -2.15. The van der Waals surface area contributed by atoms with Crippen LogP contribution in [0.5, 0.6) is 34.6 Å². The average molecular weight is 513 g/mol. The van der Waals surface area contributed by atoms with Crippen molar-refractivity contribution in [3.63, 3.8) is 0 Å². The average Bonchev–Trinajstić information content (AvgIpc) is 3.25. The van der Waals surface area contributed by atoms with Crippen LogP contribution in [0.3, 0.4) is 0 Å². The number of fused-ring (bicyclic) bond motifs is 1. The van der Waals surface area contributed by atoms with Crippen LogP contribution in [0.1, 0.15) is 17.1 Å². The van der Waals surface area contributed by atoms with E-state index < -0.39 is 0 Å². The van der Waals surface area contributed by atoms with Crippen molar-refractivity contribution in [3.05, 3.63) is 83.8 Å². The van der Waals surface area contributed by atoms with Gasteiger partial charge in [0.25, 0.3) is 0 Å². The summed E-state index contributed by atoms with van der Waals surface area (Å²) < 4.78 is 30.3. The number of nitrogens with zero attached hydrogens (tertiary/aromatic N) is 4. The van der Waals surface area contributed by atoms with Crippen LogP contribution in [0.2, 0.25) is 0 Å². The van der Waals surface area contributed by atoms with Crippen molar-refractivity contribution >= 4 is 5.52 Å². The van der Waals surface area contributed by atoms with Gasteiger partial charge >= 0.3 is 0 Å². The molecule has 0 fully saturated rings. The van der Waals surface area contributed by atoms with Gasteiger partial charge in [-0.25, -0.2) is 9.50 Å². The second kappa shape index (κ2) is 10.7. The molecule has 0 unspecified atom stereocenters. The lowest BCUT2D eigenvalue weighted by atomic mass is 10.2. The summed E-state index contributed by atoms with van der Waals surface area (Å²) in [7, 11) is 4.66. The number of imidazole rings is 1. The standard InChI is InChI=1S/C29H28N4O5/c1-18-26-29(38-23-15-24(34-3)27(36-5)25(16-23)35-4)31-28(32-33(26)19(2)30-18)21-11-13-22(14-12-21)37-17-20-9-7-6-8-10-20/h6-16H,17H2,1-5H3. The van der Waals surface area contributed by atoms with Crippen molar-refractivity contribution in [2.75, 3.05) is 21.3 Å². The summed E-state index contributed by atoms with van der Waals surface area (Å²) in [5.74, 6) is 4.19. The molecule has 0 bridgehead atoms. The first kappa shape index (κ1) is 24.9. The maximum Gasteiger partial charge on any atom is 0.249 e. The zero-order valence-corrected chi connectivity index (χ0v) is 21.9. The topological polar surface area (TPSA) is 89.2 Å². The van der Waals surface area contributed by atoms with Gasteiger partial charge in [-0.3, -0.25) is 0 Å². The molecule has 9 heteroatoms. The number of methoxy groups -OCH3 is 3. The van der Waals surface area contributed by atoms with Gasteiger partial charge in [0.15, 0.2) is 22.8 Å². The van der Waals surface area contributed by atoms with Crippen molar-refractivity contribution in [2.45, 2.75) is 20.5 Å². The van der Waals surface area contributed by atoms with E-state index in [4.69, 9.17) is 33.8 Å². The monoisotopic (exact) mass is 512 g/mol. The number of hydrogen-bond donors (Lipinski definition) is 0. The molecule has 194 valence electrons. The molecular weight excluding hydrogens is 484 g/mol. The van der Waals surface area contributed by atoms with E-state index in [0.29, 0.717) is 46.8 Å². The Morgan fingerprint density at radius 1 is 0.763 bits per heavy atom. The molecule has 0 amide bonds. The molecule has 2 aromatic heterocycles. The van der Waals surface area contributed by atoms with Gasteiger partial charge in [0, 0.05) is 17.7 Å². The Hall–Kier alpha value is -4.79. The molecule has 0 saturated heterocycles. The quantitative estimate of drug-likeness (QED) is 0.245. The lowest BCUT2D eigenvalue weighted by molar-refractivity contribution is 0.306. The zero-order valence-electron chi connectivity index (χ0n) is 21.9. The molecule has 38 heavy (non-hydrogen) atoms. The third-order valence-corrected chi connectivity index (χ3v) is 6.01. The summed E-state index contributed by atoms with van der Waals surface area (Å²) >= 11 is 0. The normalized spacial score (nSPS) is 10.9. The van der Waals surface area contributed by atoms with Gasteiger partial charge in [-0.05, 0) is 43.7 Å². The number of aryl methyl sites for hydroxylation is 2. The van der Waals surface area contributed by atoms with E-state index >= 15 is 0 Å². The van der Waals surface area contributed by atoms with Crippen molar-refractivity contribution in [2.24, 2.45) is 0 Å². The highest BCUT2D eigenvalue weighted by atomic mass is 16.5. The van der Waals surface area contributed by atoms with Gasteiger partial charge in [-0.1, -0.05) is 30.3 Å². The van der Waals surface area contributed by atoms with Crippen LogP contribution < -0.4 is 23.7 Å². The molecule has 2 heterocycles. The number of aromatic nitrogens is 4. The molecule has 3 aromatic carbocycles. The molecule has 0 radical (unpaired) electrons. The van der Waals surface area contributed by atoms with Crippen molar-refractivity contribution in [1.29, 1.82) is 0 Å². The molecule has 5 rings (SSSR count). The van der Waals surface area contributed by atoms with Gasteiger partial charge in [0.1, 0.15) is 23.9 Å². The van der Waals surface area contributed by atoms with Crippen LogP contribution in [0, 0.1) is 13.8 Å². The molecule has 5 aromatic rings. The fourth-order valence-corrected chi connectivity index (χ4v) is 4.15. The highest BCUT2D eigenvalue weighted by Gasteiger charge is 2.20. The third kappa shape index (κ3) is 4.90. The molecule has 0 aliphatic carbocycles. The third-order valence-electron chi connectivity index (χ3n) is 6.01. The Labute approximate surface area is 220 Å². The van der Waals surface area contributed by atoms with Gasteiger partial charge in [-0.2, -0.15) is 4.98 Å². The van der Waals surface area contributed by atoms with Crippen molar-refractivity contribution < 1.29 is 23.7 Å². The van der Waals surface area contributed by atoms with E-state index in [1.165, 1.54) is 0 Å². The van der Waals surface area contributed by atoms with Crippen LogP contribution >= 0.6 is 0 Å². The van der Waals surface area contributed by atoms with Crippen LogP contribution in [-0.2, 0) is 6.61 Å². The number of benzene rings is 3. The maximum absolute atomic E-state index is 6.29. The molecule has 0 saturated carbocycles. The largest absolute Gasteiger partial charge is 0.493 e. The number of hydrogen-bond acceptors (Lipinski definition) is 8. The Kier molecular flexibility index (Phi) is 6.99. The minimum atomic E-state index is 0.353. The molecular formula is C29H28N4O5. The SMILES string of the molecule is COc1cc(Oc2nc(-c3ccc(OCc4ccccc4)cc3)nn3c(C)nc(C)c23)cc(OC)c1OC. The number of rotatable bonds is 9. The summed E-state index contributed by atoms with van der Waals surface area (Å²) in [5.41, 5.74) is 3.33. The van der Waals surface area contributed by atoms with Gasteiger partial charge in [-0.15, -0.1) is 5.10 Å².